The lowest BCUT2D eigenvalue weighted by Crippen LogP contribution is -1.96. The van der Waals surface area contributed by atoms with Gasteiger partial charge >= 0.3 is 0 Å². The number of hydrogen-bond acceptors (Lipinski definition) is 5. The summed E-state index contributed by atoms with van der Waals surface area (Å²) in [6.45, 7) is -0.242. The third kappa shape index (κ3) is 3.28. The highest BCUT2D eigenvalue weighted by Gasteiger charge is 2.19. The summed E-state index contributed by atoms with van der Waals surface area (Å²) in [5.74, 6) is 0.424. The Balaban J connectivity index is 2.07. The fraction of sp³-hybridized carbons (Fsp3) is 0.118. The van der Waals surface area contributed by atoms with Crippen LogP contribution in [0.15, 0.2) is 62.4 Å². The molecule has 3 rings (SSSR count). The SMILES string of the molecule is CS(=O)(=O)c1ccc(-c2onc(-c3cccc(Br)c3)c2CO)cc1. The van der Waals surface area contributed by atoms with E-state index in [1.54, 1.807) is 12.1 Å². The predicted octanol–water partition coefficient (Wildman–Crippen LogP) is 3.67. The molecule has 7 heteroatoms. The molecule has 5 nitrogen and oxygen atoms in total. The second-order valence-corrected chi connectivity index (χ2v) is 8.24. The molecule has 0 bridgehead atoms. The number of nitrogens with zero attached hydrogens (tertiary/aromatic N) is 1. The maximum Gasteiger partial charge on any atom is 0.175 e. The van der Waals surface area contributed by atoms with Crippen molar-refractivity contribution in [1.29, 1.82) is 0 Å². The summed E-state index contributed by atoms with van der Waals surface area (Å²) in [5, 5.41) is 13.8. The molecule has 0 saturated heterocycles. The van der Waals surface area contributed by atoms with Crippen LogP contribution >= 0.6 is 15.9 Å². The first kappa shape index (κ1) is 16.9. The maximum absolute atomic E-state index is 11.5. The van der Waals surface area contributed by atoms with Crippen molar-refractivity contribution in [3.63, 3.8) is 0 Å². The minimum atomic E-state index is -3.26. The monoisotopic (exact) mass is 407 g/mol. The molecule has 1 N–H and O–H groups in total. The molecule has 0 amide bonds. The van der Waals surface area contributed by atoms with Gasteiger partial charge in [-0.1, -0.05) is 33.2 Å². The number of aromatic nitrogens is 1. The van der Waals surface area contributed by atoms with Gasteiger partial charge in [-0.2, -0.15) is 0 Å². The van der Waals surface area contributed by atoms with Crippen molar-refractivity contribution in [1.82, 2.24) is 5.16 Å². The van der Waals surface area contributed by atoms with Crippen molar-refractivity contribution in [3.05, 3.63) is 58.6 Å². The minimum Gasteiger partial charge on any atom is -0.391 e. The lowest BCUT2D eigenvalue weighted by molar-refractivity contribution is 0.281. The Labute approximate surface area is 148 Å². The van der Waals surface area contributed by atoms with E-state index in [1.807, 2.05) is 24.3 Å². The quantitative estimate of drug-likeness (QED) is 0.713. The zero-order valence-electron chi connectivity index (χ0n) is 12.7. The molecule has 0 radical (unpaired) electrons. The average molecular weight is 408 g/mol. The third-order valence-corrected chi connectivity index (χ3v) is 5.21. The van der Waals surface area contributed by atoms with Crippen LogP contribution in [0.5, 0.6) is 0 Å². The first-order valence-electron chi connectivity index (χ1n) is 7.06. The lowest BCUT2D eigenvalue weighted by atomic mass is 10.0. The van der Waals surface area contributed by atoms with Crippen LogP contribution < -0.4 is 0 Å². The summed E-state index contributed by atoms with van der Waals surface area (Å²) in [7, 11) is -3.26. The maximum atomic E-state index is 11.5. The molecule has 0 aliphatic carbocycles. The van der Waals surface area contributed by atoms with Gasteiger partial charge in [-0.15, -0.1) is 0 Å². The van der Waals surface area contributed by atoms with Crippen molar-refractivity contribution in [2.75, 3.05) is 6.26 Å². The number of rotatable bonds is 4. The van der Waals surface area contributed by atoms with E-state index in [2.05, 4.69) is 21.1 Å². The van der Waals surface area contributed by atoms with E-state index in [9.17, 15) is 13.5 Å². The zero-order chi connectivity index (χ0) is 17.3. The van der Waals surface area contributed by atoms with Crippen molar-refractivity contribution in [2.24, 2.45) is 0 Å². The van der Waals surface area contributed by atoms with Gasteiger partial charge in [0.2, 0.25) is 0 Å². The van der Waals surface area contributed by atoms with Gasteiger partial charge in [-0.3, -0.25) is 0 Å². The molecule has 0 fully saturated rings. The van der Waals surface area contributed by atoms with E-state index in [0.717, 1.165) is 16.3 Å². The molecule has 1 aromatic heterocycles. The number of aliphatic hydroxyl groups excluding tert-OH is 1. The number of aliphatic hydroxyl groups is 1. The fourth-order valence-electron chi connectivity index (χ4n) is 2.40. The standard InChI is InChI=1S/C17H14BrNO4S/c1-24(21,22)14-7-5-11(6-8-14)17-15(10-20)16(19-23-17)12-3-2-4-13(18)9-12/h2-9,20H,10H2,1H3. The van der Waals surface area contributed by atoms with Gasteiger partial charge in [0.25, 0.3) is 0 Å². The summed E-state index contributed by atoms with van der Waals surface area (Å²) < 4.78 is 29.4. The molecule has 0 saturated carbocycles. The van der Waals surface area contributed by atoms with Gasteiger partial charge in [0, 0.05) is 21.9 Å². The highest BCUT2D eigenvalue weighted by molar-refractivity contribution is 9.10. The molecule has 0 spiro atoms. The molecule has 2 aromatic carbocycles. The molecule has 24 heavy (non-hydrogen) atoms. The Morgan fingerprint density at radius 1 is 1.12 bits per heavy atom. The Morgan fingerprint density at radius 3 is 2.42 bits per heavy atom. The lowest BCUT2D eigenvalue weighted by Gasteiger charge is -2.03. The second-order valence-electron chi connectivity index (χ2n) is 5.30. The number of halogens is 1. The van der Waals surface area contributed by atoms with Crippen molar-refractivity contribution in [2.45, 2.75) is 11.5 Å². The zero-order valence-corrected chi connectivity index (χ0v) is 15.1. The van der Waals surface area contributed by atoms with Gasteiger partial charge in [-0.05, 0) is 36.4 Å². The highest BCUT2D eigenvalue weighted by Crippen LogP contribution is 2.33. The van der Waals surface area contributed by atoms with Crippen LogP contribution in [0.3, 0.4) is 0 Å². The van der Waals surface area contributed by atoms with Crippen LogP contribution in [-0.4, -0.2) is 24.9 Å². The smallest absolute Gasteiger partial charge is 0.175 e. The summed E-state index contributed by atoms with van der Waals surface area (Å²) in [6, 6.07) is 13.8. The van der Waals surface area contributed by atoms with Crippen molar-refractivity contribution >= 4 is 25.8 Å². The first-order valence-corrected chi connectivity index (χ1v) is 9.74. The number of sulfone groups is 1. The predicted molar refractivity (Wildman–Crippen MR) is 94.1 cm³/mol. The van der Waals surface area contributed by atoms with Gasteiger partial charge in [-0.25, -0.2) is 8.42 Å². The Bertz CT molecular complexity index is 978. The molecule has 0 aliphatic rings. The van der Waals surface area contributed by atoms with E-state index in [4.69, 9.17) is 4.52 Å². The molecule has 3 aromatic rings. The van der Waals surface area contributed by atoms with Crippen LogP contribution in [-0.2, 0) is 16.4 Å². The molecule has 124 valence electrons. The topological polar surface area (TPSA) is 80.4 Å². The number of benzene rings is 2. The first-order chi connectivity index (χ1) is 11.4. The van der Waals surface area contributed by atoms with Crippen molar-refractivity contribution < 1.29 is 18.0 Å². The summed E-state index contributed by atoms with van der Waals surface area (Å²) in [4.78, 5) is 0.225. The van der Waals surface area contributed by atoms with E-state index in [1.165, 1.54) is 12.1 Å². The van der Waals surface area contributed by atoms with E-state index >= 15 is 0 Å². The van der Waals surface area contributed by atoms with Crippen LogP contribution in [0.25, 0.3) is 22.6 Å². The van der Waals surface area contributed by atoms with Gasteiger partial charge in [0.05, 0.1) is 17.1 Å². The second kappa shape index (κ2) is 6.51. The molecular formula is C17H14BrNO4S. The molecule has 0 aliphatic heterocycles. The molecule has 0 unspecified atom stereocenters. The summed E-state index contributed by atoms with van der Waals surface area (Å²) in [6.07, 6.45) is 1.15. The average Bonchev–Trinajstić information content (AvgIpc) is 2.98. The molecule has 0 atom stereocenters. The Hall–Kier alpha value is -1.96. The van der Waals surface area contributed by atoms with E-state index in [0.29, 0.717) is 22.6 Å². The summed E-state index contributed by atoms with van der Waals surface area (Å²) in [5.41, 5.74) is 2.58. The van der Waals surface area contributed by atoms with Crippen LogP contribution in [0.4, 0.5) is 0 Å². The Morgan fingerprint density at radius 2 is 1.83 bits per heavy atom. The van der Waals surface area contributed by atoms with Gasteiger partial charge in [0.15, 0.2) is 15.6 Å². The van der Waals surface area contributed by atoms with Crippen LogP contribution in [0, 0.1) is 0 Å². The fourth-order valence-corrected chi connectivity index (χ4v) is 3.43. The Kier molecular flexibility index (Phi) is 4.58. The minimum absolute atomic E-state index is 0.225. The third-order valence-electron chi connectivity index (χ3n) is 3.59. The molecule has 1 heterocycles. The van der Waals surface area contributed by atoms with Crippen molar-refractivity contribution in [3.8, 4) is 22.6 Å². The van der Waals surface area contributed by atoms with Gasteiger partial charge < -0.3 is 9.63 Å². The number of hydrogen-bond donors (Lipinski definition) is 1. The van der Waals surface area contributed by atoms with Crippen LogP contribution in [0.2, 0.25) is 0 Å². The van der Waals surface area contributed by atoms with E-state index < -0.39 is 9.84 Å². The van der Waals surface area contributed by atoms with Gasteiger partial charge in [0.1, 0.15) is 5.69 Å². The van der Waals surface area contributed by atoms with Crippen LogP contribution in [0.1, 0.15) is 5.56 Å². The summed E-state index contributed by atoms with van der Waals surface area (Å²) >= 11 is 3.41. The molecular weight excluding hydrogens is 394 g/mol. The highest BCUT2D eigenvalue weighted by atomic mass is 79.9. The largest absolute Gasteiger partial charge is 0.391 e. The van der Waals surface area contributed by atoms with E-state index in [-0.39, 0.29) is 11.5 Å². The normalized spacial score (nSPS) is 11.6.